The second-order valence-electron chi connectivity index (χ2n) is 4.83. The molecule has 1 atom stereocenters. The third kappa shape index (κ3) is 3.00. The lowest BCUT2D eigenvalue weighted by Crippen LogP contribution is -2.39. The number of nitrogens with two attached hydrogens (primary N) is 1. The summed E-state index contributed by atoms with van der Waals surface area (Å²) in [5.41, 5.74) is 8.04. The molecule has 0 bridgehead atoms. The molecule has 2 heterocycles. The lowest BCUT2D eigenvalue weighted by atomic mass is 10.1. The van der Waals surface area contributed by atoms with Crippen molar-refractivity contribution in [3.8, 4) is 0 Å². The van der Waals surface area contributed by atoms with Crippen molar-refractivity contribution in [1.29, 1.82) is 0 Å². The number of aryl methyl sites for hydroxylation is 1. The van der Waals surface area contributed by atoms with Gasteiger partial charge < -0.3 is 15.4 Å². The first-order chi connectivity index (χ1) is 8.76. The minimum Gasteiger partial charge on any atom is -0.380 e. The van der Waals surface area contributed by atoms with Crippen LogP contribution in [0.5, 0.6) is 0 Å². The summed E-state index contributed by atoms with van der Waals surface area (Å²) < 4.78 is 5.46. The Bertz CT molecular complexity index is 372. The minimum absolute atomic E-state index is 0.326. The summed E-state index contributed by atoms with van der Waals surface area (Å²) in [6.07, 6.45) is 3.58. The molecule has 1 aromatic rings. The maximum atomic E-state index is 5.75. The molecule has 2 rings (SSSR count). The van der Waals surface area contributed by atoms with Gasteiger partial charge >= 0.3 is 0 Å². The fourth-order valence-corrected chi connectivity index (χ4v) is 2.43. The van der Waals surface area contributed by atoms with Gasteiger partial charge in [0.25, 0.3) is 0 Å². The SMILES string of the molecule is CCc1cc(CN)cc(N2CCCC(OC)C2)n1. The zero-order valence-corrected chi connectivity index (χ0v) is 11.4. The van der Waals surface area contributed by atoms with E-state index in [1.54, 1.807) is 7.11 Å². The van der Waals surface area contributed by atoms with Gasteiger partial charge in [-0.15, -0.1) is 0 Å². The van der Waals surface area contributed by atoms with Gasteiger partial charge in [-0.25, -0.2) is 4.98 Å². The van der Waals surface area contributed by atoms with Crippen molar-refractivity contribution in [3.63, 3.8) is 0 Å². The molecule has 1 fully saturated rings. The van der Waals surface area contributed by atoms with Crippen LogP contribution in [-0.2, 0) is 17.7 Å². The molecule has 1 unspecified atom stereocenters. The van der Waals surface area contributed by atoms with E-state index in [9.17, 15) is 0 Å². The summed E-state index contributed by atoms with van der Waals surface area (Å²) in [5.74, 6) is 1.05. The van der Waals surface area contributed by atoms with E-state index < -0.39 is 0 Å². The molecule has 4 nitrogen and oxygen atoms in total. The van der Waals surface area contributed by atoms with Crippen LogP contribution in [0.25, 0.3) is 0 Å². The van der Waals surface area contributed by atoms with E-state index in [1.807, 2.05) is 0 Å². The second kappa shape index (κ2) is 6.16. The first-order valence-electron chi connectivity index (χ1n) is 6.74. The van der Waals surface area contributed by atoms with Crippen LogP contribution in [0.2, 0.25) is 0 Å². The van der Waals surface area contributed by atoms with Crippen LogP contribution in [0.1, 0.15) is 31.0 Å². The smallest absolute Gasteiger partial charge is 0.129 e. The van der Waals surface area contributed by atoms with E-state index in [0.29, 0.717) is 12.6 Å². The van der Waals surface area contributed by atoms with Crippen molar-refractivity contribution in [2.24, 2.45) is 5.73 Å². The fraction of sp³-hybridized carbons (Fsp3) is 0.643. The molecule has 1 aliphatic heterocycles. The van der Waals surface area contributed by atoms with E-state index in [4.69, 9.17) is 15.5 Å². The first kappa shape index (κ1) is 13.3. The van der Waals surface area contributed by atoms with E-state index in [0.717, 1.165) is 49.4 Å². The highest BCUT2D eigenvalue weighted by molar-refractivity contribution is 5.43. The van der Waals surface area contributed by atoms with Gasteiger partial charge in [0.1, 0.15) is 5.82 Å². The summed E-state index contributed by atoms with van der Waals surface area (Å²) in [7, 11) is 1.79. The lowest BCUT2D eigenvalue weighted by Gasteiger charge is -2.33. The molecule has 0 saturated carbocycles. The molecule has 2 N–H and O–H groups in total. The first-order valence-corrected chi connectivity index (χ1v) is 6.74. The Morgan fingerprint density at radius 2 is 2.33 bits per heavy atom. The number of ether oxygens (including phenoxy) is 1. The van der Waals surface area contributed by atoms with Gasteiger partial charge in [-0.1, -0.05) is 6.92 Å². The zero-order chi connectivity index (χ0) is 13.0. The number of anilines is 1. The Kier molecular flexibility index (Phi) is 4.55. The zero-order valence-electron chi connectivity index (χ0n) is 11.4. The van der Waals surface area contributed by atoms with Gasteiger partial charge in [-0.3, -0.25) is 0 Å². The van der Waals surface area contributed by atoms with Crippen molar-refractivity contribution in [1.82, 2.24) is 4.98 Å². The monoisotopic (exact) mass is 249 g/mol. The number of hydrogen-bond acceptors (Lipinski definition) is 4. The predicted octanol–water partition coefficient (Wildman–Crippen LogP) is 1.72. The molecule has 0 amide bonds. The van der Waals surface area contributed by atoms with Crippen molar-refractivity contribution >= 4 is 5.82 Å². The second-order valence-corrected chi connectivity index (χ2v) is 4.83. The van der Waals surface area contributed by atoms with Gasteiger partial charge in [0, 0.05) is 32.4 Å². The number of hydrogen-bond donors (Lipinski definition) is 1. The van der Waals surface area contributed by atoms with Gasteiger partial charge in [0.15, 0.2) is 0 Å². The Labute approximate surface area is 109 Å². The van der Waals surface area contributed by atoms with Crippen LogP contribution in [0.3, 0.4) is 0 Å². The van der Waals surface area contributed by atoms with Crippen LogP contribution < -0.4 is 10.6 Å². The summed E-state index contributed by atoms with van der Waals surface area (Å²) in [4.78, 5) is 7.02. The average molecular weight is 249 g/mol. The molecule has 0 aromatic carbocycles. The normalized spacial score (nSPS) is 20.2. The van der Waals surface area contributed by atoms with Crippen molar-refractivity contribution in [2.75, 3.05) is 25.1 Å². The lowest BCUT2D eigenvalue weighted by molar-refractivity contribution is 0.0891. The molecule has 1 aliphatic rings. The van der Waals surface area contributed by atoms with Gasteiger partial charge in [0.05, 0.1) is 6.10 Å². The highest BCUT2D eigenvalue weighted by Gasteiger charge is 2.20. The Morgan fingerprint density at radius 3 is 3.00 bits per heavy atom. The average Bonchev–Trinajstić information content (AvgIpc) is 2.46. The predicted molar refractivity (Wildman–Crippen MR) is 73.8 cm³/mol. The molecule has 1 saturated heterocycles. The summed E-state index contributed by atoms with van der Waals surface area (Å²) in [6, 6.07) is 4.21. The number of piperidine rings is 1. The summed E-state index contributed by atoms with van der Waals surface area (Å²) in [6.45, 7) is 4.69. The third-order valence-electron chi connectivity index (χ3n) is 3.56. The minimum atomic E-state index is 0.326. The summed E-state index contributed by atoms with van der Waals surface area (Å²) in [5, 5.41) is 0. The highest BCUT2D eigenvalue weighted by atomic mass is 16.5. The molecule has 4 heteroatoms. The van der Waals surface area contributed by atoms with Crippen LogP contribution in [0, 0.1) is 0 Å². The Balaban J connectivity index is 2.20. The number of pyridine rings is 1. The van der Waals surface area contributed by atoms with E-state index in [-0.39, 0.29) is 0 Å². The largest absolute Gasteiger partial charge is 0.380 e. The summed E-state index contributed by atoms with van der Waals surface area (Å²) >= 11 is 0. The fourth-order valence-electron chi connectivity index (χ4n) is 2.43. The quantitative estimate of drug-likeness (QED) is 0.882. The molecule has 0 radical (unpaired) electrons. The standard InChI is InChI=1S/C14H23N3O/c1-3-12-7-11(9-15)8-14(16-12)17-6-4-5-13(10-17)18-2/h7-8,13H,3-6,9-10,15H2,1-2H3. The van der Waals surface area contributed by atoms with Crippen LogP contribution in [0.15, 0.2) is 12.1 Å². The molecular formula is C14H23N3O. The molecule has 0 aliphatic carbocycles. The van der Waals surface area contributed by atoms with Crippen molar-refractivity contribution in [2.45, 2.75) is 38.8 Å². The highest BCUT2D eigenvalue weighted by Crippen LogP contribution is 2.21. The number of aromatic nitrogens is 1. The third-order valence-corrected chi connectivity index (χ3v) is 3.56. The number of rotatable bonds is 4. The number of nitrogens with zero attached hydrogens (tertiary/aromatic N) is 2. The van der Waals surface area contributed by atoms with E-state index >= 15 is 0 Å². The maximum Gasteiger partial charge on any atom is 0.129 e. The molecular weight excluding hydrogens is 226 g/mol. The molecule has 100 valence electrons. The molecule has 18 heavy (non-hydrogen) atoms. The van der Waals surface area contributed by atoms with Gasteiger partial charge in [0.2, 0.25) is 0 Å². The van der Waals surface area contributed by atoms with E-state index in [2.05, 4.69) is 24.0 Å². The van der Waals surface area contributed by atoms with Crippen LogP contribution in [0.4, 0.5) is 5.82 Å². The van der Waals surface area contributed by atoms with E-state index in [1.165, 1.54) is 0 Å². The van der Waals surface area contributed by atoms with Gasteiger partial charge in [-0.2, -0.15) is 0 Å². The topological polar surface area (TPSA) is 51.4 Å². The van der Waals surface area contributed by atoms with Gasteiger partial charge in [-0.05, 0) is 37.0 Å². The Hall–Kier alpha value is -1.13. The maximum absolute atomic E-state index is 5.75. The van der Waals surface area contributed by atoms with Crippen LogP contribution in [-0.4, -0.2) is 31.3 Å². The number of methoxy groups -OCH3 is 1. The molecule has 0 spiro atoms. The van der Waals surface area contributed by atoms with Crippen LogP contribution >= 0.6 is 0 Å². The van der Waals surface area contributed by atoms with Crippen molar-refractivity contribution in [3.05, 3.63) is 23.4 Å². The Morgan fingerprint density at radius 1 is 1.50 bits per heavy atom. The molecule has 1 aromatic heterocycles. The van der Waals surface area contributed by atoms with Crippen molar-refractivity contribution < 1.29 is 4.74 Å².